The number of para-hydroxylation sites is 1. The van der Waals surface area contributed by atoms with Crippen LogP contribution >= 0.6 is 0 Å². The van der Waals surface area contributed by atoms with E-state index >= 15 is 0 Å². The Morgan fingerprint density at radius 2 is 1.06 bits per heavy atom. The second-order valence-corrected chi connectivity index (χ2v) is 9.01. The summed E-state index contributed by atoms with van der Waals surface area (Å²) in [5, 5.41) is 7.41. The Balaban J connectivity index is 1.42. The Morgan fingerprint density at radius 3 is 1.88 bits per heavy atom. The van der Waals surface area contributed by atoms with Crippen LogP contribution in [0.1, 0.15) is 5.56 Å². The van der Waals surface area contributed by atoms with Crippen molar-refractivity contribution < 1.29 is 4.42 Å². The van der Waals surface area contributed by atoms with Crippen LogP contribution in [0.3, 0.4) is 0 Å². The molecule has 0 fully saturated rings. The van der Waals surface area contributed by atoms with Crippen molar-refractivity contribution in [2.45, 2.75) is 6.92 Å². The highest BCUT2D eigenvalue weighted by atomic mass is 16.3. The molecule has 0 saturated heterocycles. The average Bonchev–Trinajstić information content (AvgIpc) is 3.30. The molecular formula is C33H22O. The van der Waals surface area contributed by atoms with Crippen LogP contribution in [0.2, 0.25) is 0 Å². The number of benzene rings is 6. The van der Waals surface area contributed by atoms with E-state index in [9.17, 15) is 0 Å². The van der Waals surface area contributed by atoms with E-state index in [0.29, 0.717) is 0 Å². The average molecular weight is 435 g/mol. The van der Waals surface area contributed by atoms with Crippen LogP contribution < -0.4 is 0 Å². The predicted octanol–water partition coefficient (Wildman–Crippen LogP) is 9.53. The van der Waals surface area contributed by atoms with E-state index in [0.717, 1.165) is 22.3 Å². The molecule has 6 aromatic carbocycles. The lowest BCUT2D eigenvalue weighted by Gasteiger charge is -2.09. The first-order valence-corrected chi connectivity index (χ1v) is 11.7. The molecule has 0 radical (unpaired) electrons. The summed E-state index contributed by atoms with van der Waals surface area (Å²) in [7, 11) is 0. The van der Waals surface area contributed by atoms with Crippen LogP contribution in [-0.2, 0) is 0 Å². The first kappa shape index (κ1) is 19.1. The van der Waals surface area contributed by atoms with Crippen molar-refractivity contribution >= 4 is 43.5 Å². The zero-order valence-corrected chi connectivity index (χ0v) is 18.9. The second-order valence-electron chi connectivity index (χ2n) is 9.01. The van der Waals surface area contributed by atoms with Gasteiger partial charge in [0, 0.05) is 16.3 Å². The van der Waals surface area contributed by atoms with Gasteiger partial charge in [-0.2, -0.15) is 0 Å². The summed E-state index contributed by atoms with van der Waals surface area (Å²) in [4.78, 5) is 0. The highest BCUT2D eigenvalue weighted by Crippen LogP contribution is 2.41. The van der Waals surface area contributed by atoms with Crippen LogP contribution in [0.4, 0.5) is 0 Å². The summed E-state index contributed by atoms with van der Waals surface area (Å²) in [5.41, 5.74) is 7.87. The van der Waals surface area contributed by atoms with Gasteiger partial charge in [0.2, 0.25) is 0 Å². The Morgan fingerprint density at radius 1 is 0.471 bits per heavy atom. The first-order valence-electron chi connectivity index (χ1n) is 11.7. The van der Waals surface area contributed by atoms with Crippen molar-refractivity contribution in [3.05, 3.63) is 121 Å². The monoisotopic (exact) mass is 434 g/mol. The number of hydrogen-bond donors (Lipinski definition) is 0. The molecule has 1 aromatic heterocycles. The van der Waals surface area contributed by atoms with Gasteiger partial charge in [0.25, 0.3) is 0 Å². The number of fused-ring (bicyclic) bond motifs is 6. The van der Waals surface area contributed by atoms with Gasteiger partial charge < -0.3 is 4.42 Å². The fourth-order valence-electron chi connectivity index (χ4n) is 5.35. The smallest absolute Gasteiger partial charge is 0.143 e. The lowest BCUT2D eigenvalue weighted by Crippen LogP contribution is -1.83. The van der Waals surface area contributed by atoms with E-state index in [-0.39, 0.29) is 0 Å². The zero-order chi connectivity index (χ0) is 22.6. The SMILES string of the molecule is Cc1cc2ccccc2c2c1oc1c(-c3ccc(-c4cccc5ccccc45)cc3)cccc12. The number of hydrogen-bond acceptors (Lipinski definition) is 1. The van der Waals surface area contributed by atoms with Crippen molar-refractivity contribution in [2.75, 3.05) is 0 Å². The van der Waals surface area contributed by atoms with E-state index in [1.54, 1.807) is 0 Å². The maximum Gasteiger partial charge on any atom is 0.143 e. The van der Waals surface area contributed by atoms with E-state index < -0.39 is 0 Å². The molecular weight excluding hydrogens is 412 g/mol. The highest BCUT2D eigenvalue weighted by Gasteiger charge is 2.16. The minimum atomic E-state index is 0.954. The van der Waals surface area contributed by atoms with Gasteiger partial charge in [0.1, 0.15) is 11.2 Å². The molecule has 0 saturated carbocycles. The third-order valence-corrected chi connectivity index (χ3v) is 6.97. The van der Waals surface area contributed by atoms with Crippen LogP contribution in [0, 0.1) is 6.92 Å². The maximum atomic E-state index is 6.55. The fraction of sp³-hybridized carbons (Fsp3) is 0.0303. The third kappa shape index (κ3) is 2.80. The van der Waals surface area contributed by atoms with Gasteiger partial charge in [-0.1, -0.05) is 109 Å². The van der Waals surface area contributed by atoms with Crippen LogP contribution in [0.5, 0.6) is 0 Å². The van der Waals surface area contributed by atoms with Crippen LogP contribution in [-0.4, -0.2) is 0 Å². The molecule has 7 rings (SSSR count). The summed E-state index contributed by atoms with van der Waals surface area (Å²) < 4.78 is 6.55. The largest absolute Gasteiger partial charge is 0.455 e. The normalized spacial score (nSPS) is 11.7. The Labute approximate surface area is 197 Å². The van der Waals surface area contributed by atoms with Crippen molar-refractivity contribution in [1.29, 1.82) is 0 Å². The van der Waals surface area contributed by atoms with Crippen molar-refractivity contribution in [3.63, 3.8) is 0 Å². The Bertz CT molecular complexity index is 1850. The molecule has 1 heterocycles. The number of aryl methyl sites for hydroxylation is 1. The Kier molecular flexibility index (Phi) is 4.13. The van der Waals surface area contributed by atoms with Gasteiger partial charge in [0.15, 0.2) is 0 Å². The number of rotatable bonds is 2. The molecule has 1 nitrogen and oxygen atoms in total. The Hall–Kier alpha value is -4.36. The first-order chi connectivity index (χ1) is 16.8. The minimum Gasteiger partial charge on any atom is -0.455 e. The summed E-state index contributed by atoms with van der Waals surface area (Å²) in [6.45, 7) is 2.13. The topological polar surface area (TPSA) is 13.1 Å². The predicted molar refractivity (Wildman–Crippen MR) is 144 cm³/mol. The lowest BCUT2D eigenvalue weighted by molar-refractivity contribution is 0.667. The molecule has 0 amide bonds. The molecule has 0 atom stereocenters. The van der Waals surface area contributed by atoms with Gasteiger partial charge in [0.05, 0.1) is 0 Å². The van der Waals surface area contributed by atoms with Crippen molar-refractivity contribution in [2.24, 2.45) is 0 Å². The molecule has 0 aliphatic heterocycles. The van der Waals surface area contributed by atoms with E-state index in [2.05, 4.69) is 122 Å². The molecule has 0 bridgehead atoms. The molecule has 7 aromatic rings. The van der Waals surface area contributed by atoms with E-state index in [1.165, 1.54) is 49.0 Å². The molecule has 0 N–H and O–H groups in total. The number of furan rings is 1. The standard InChI is InChI=1S/C33H22O/c1-21-20-25-9-3-5-12-28(25)31-30-15-7-14-29(33(30)34-32(21)31)24-18-16-23(17-19-24)27-13-6-10-22-8-2-4-11-26(22)27/h2-20H,1H3. The summed E-state index contributed by atoms with van der Waals surface area (Å²) in [6, 6.07) is 41.2. The minimum absolute atomic E-state index is 0.954. The van der Waals surface area contributed by atoms with Gasteiger partial charge >= 0.3 is 0 Å². The second kappa shape index (κ2) is 7.33. The summed E-state index contributed by atoms with van der Waals surface area (Å²) >= 11 is 0. The van der Waals surface area contributed by atoms with Gasteiger partial charge in [-0.05, 0) is 56.8 Å². The van der Waals surface area contributed by atoms with Gasteiger partial charge in [-0.15, -0.1) is 0 Å². The van der Waals surface area contributed by atoms with Gasteiger partial charge in [-0.3, -0.25) is 0 Å². The fourth-order valence-corrected chi connectivity index (χ4v) is 5.35. The van der Waals surface area contributed by atoms with E-state index in [1.807, 2.05) is 0 Å². The third-order valence-electron chi connectivity index (χ3n) is 6.97. The summed E-state index contributed by atoms with van der Waals surface area (Å²) in [5.74, 6) is 0. The van der Waals surface area contributed by atoms with E-state index in [4.69, 9.17) is 4.42 Å². The van der Waals surface area contributed by atoms with Gasteiger partial charge in [-0.25, -0.2) is 0 Å². The molecule has 0 spiro atoms. The molecule has 1 heteroatoms. The van der Waals surface area contributed by atoms with Crippen LogP contribution in [0.25, 0.3) is 65.7 Å². The molecule has 34 heavy (non-hydrogen) atoms. The zero-order valence-electron chi connectivity index (χ0n) is 18.9. The maximum absolute atomic E-state index is 6.55. The van der Waals surface area contributed by atoms with Crippen molar-refractivity contribution in [1.82, 2.24) is 0 Å². The molecule has 0 unspecified atom stereocenters. The molecule has 0 aliphatic carbocycles. The van der Waals surface area contributed by atoms with Crippen LogP contribution in [0.15, 0.2) is 120 Å². The summed E-state index contributed by atoms with van der Waals surface area (Å²) in [6.07, 6.45) is 0. The van der Waals surface area contributed by atoms with Crippen molar-refractivity contribution in [3.8, 4) is 22.3 Å². The lowest BCUT2D eigenvalue weighted by atomic mass is 9.95. The highest BCUT2D eigenvalue weighted by molar-refractivity contribution is 6.21. The molecule has 160 valence electrons. The quantitative estimate of drug-likeness (QED) is 0.264. The molecule has 0 aliphatic rings.